The Bertz CT molecular complexity index is 816. The van der Waals surface area contributed by atoms with Gasteiger partial charge in [0, 0.05) is 22.9 Å². The summed E-state index contributed by atoms with van der Waals surface area (Å²) in [6.07, 6.45) is 3.82. The van der Waals surface area contributed by atoms with Crippen molar-refractivity contribution in [2.24, 2.45) is 5.11 Å². The standard InChI is InChI=1S/C15H11FN4/c16-13-5-3-4-11(8-13)15-12(9-18-19-17)10-20-7-2-1-6-14(15)20/h1-8,10H,9H2. The van der Waals surface area contributed by atoms with Crippen LogP contribution in [0.15, 0.2) is 60.0 Å². The molecular formula is C15H11FN4. The van der Waals surface area contributed by atoms with Gasteiger partial charge < -0.3 is 4.40 Å². The van der Waals surface area contributed by atoms with Gasteiger partial charge in [0.25, 0.3) is 0 Å². The number of aromatic nitrogens is 1. The number of benzene rings is 1. The summed E-state index contributed by atoms with van der Waals surface area (Å²) in [4.78, 5) is 2.80. The number of hydrogen-bond acceptors (Lipinski definition) is 1. The molecule has 5 heteroatoms. The molecule has 0 bridgehead atoms. The zero-order valence-corrected chi connectivity index (χ0v) is 10.6. The molecule has 20 heavy (non-hydrogen) atoms. The normalized spacial score (nSPS) is 10.4. The third-order valence-electron chi connectivity index (χ3n) is 3.18. The van der Waals surface area contributed by atoms with Crippen molar-refractivity contribution in [3.63, 3.8) is 0 Å². The molecule has 0 saturated carbocycles. The van der Waals surface area contributed by atoms with E-state index in [2.05, 4.69) is 10.0 Å². The second-order valence-electron chi connectivity index (χ2n) is 4.42. The third-order valence-corrected chi connectivity index (χ3v) is 3.18. The molecule has 0 radical (unpaired) electrons. The fourth-order valence-corrected chi connectivity index (χ4v) is 2.38. The molecule has 0 atom stereocenters. The van der Waals surface area contributed by atoms with E-state index in [4.69, 9.17) is 5.53 Å². The number of hydrogen-bond donors (Lipinski definition) is 0. The minimum atomic E-state index is -0.285. The van der Waals surface area contributed by atoms with Crippen LogP contribution in [0.2, 0.25) is 0 Å². The van der Waals surface area contributed by atoms with E-state index in [9.17, 15) is 4.39 Å². The molecule has 2 heterocycles. The molecule has 98 valence electrons. The summed E-state index contributed by atoms with van der Waals surface area (Å²) >= 11 is 0. The molecule has 0 aliphatic heterocycles. The smallest absolute Gasteiger partial charge is 0.123 e. The first kappa shape index (κ1) is 12.3. The summed E-state index contributed by atoms with van der Waals surface area (Å²) in [7, 11) is 0. The number of rotatable bonds is 3. The van der Waals surface area contributed by atoms with Crippen LogP contribution in [-0.2, 0) is 6.54 Å². The van der Waals surface area contributed by atoms with Gasteiger partial charge in [-0.3, -0.25) is 0 Å². The van der Waals surface area contributed by atoms with E-state index < -0.39 is 0 Å². The number of azide groups is 1. The molecule has 0 N–H and O–H groups in total. The molecule has 4 nitrogen and oxygen atoms in total. The highest BCUT2D eigenvalue weighted by Crippen LogP contribution is 2.31. The Morgan fingerprint density at radius 3 is 2.90 bits per heavy atom. The molecule has 3 aromatic rings. The molecule has 0 aliphatic carbocycles. The minimum Gasteiger partial charge on any atom is -0.323 e. The van der Waals surface area contributed by atoms with Crippen LogP contribution in [-0.4, -0.2) is 4.40 Å². The average Bonchev–Trinajstić information content (AvgIpc) is 2.83. The third kappa shape index (κ3) is 2.11. The lowest BCUT2D eigenvalue weighted by Crippen LogP contribution is -1.85. The van der Waals surface area contributed by atoms with E-state index >= 15 is 0 Å². The average molecular weight is 266 g/mol. The van der Waals surface area contributed by atoms with Gasteiger partial charge in [0.1, 0.15) is 5.82 Å². The molecular weight excluding hydrogens is 255 g/mol. The quantitative estimate of drug-likeness (QED) is 0.379. The Balaban J connectivity index is 2.28. The zero-order chi connectivity index (χ0) is 13.9. The van der Waals surface area contributed by atoms with Crippen LogP contribution in [0.25, 0.3) is 27.1 Å². The first-order chi connectivity index (χ1) is 9.79. The molecule has 0 saturated heterocycles. The molecule has 0 fully saturated rings. The van der Waals surface area contributed by atoms with Crippen molar-refractivity contribution in [3.05, 3.63) is 76.7 Å². The lowest BCUT2D eigenvalue weighted by molar-refractivity contribution is 0.628. The van der Waals surface area contributed by atoms with Gasteiger partial charge in [0.05, 0.1) is 12.1 Å². The molecule has 0 spiro atoms. The van der Waals surface area contributed by atoms with Gasteiger partial charge in [0.15, 0.2) is 0 Å². The first-order valence-corrected chi connectivity index (χ1v) is 6.15. The predicted molar refractivity (Wildman–Crippen MR) is 75.6 cm³/mol. The van der Waals surface area contributed by atoms with E-state index in [1.54, 1.807) is 6.07 Å². The minimum absolute atomic E-state index is 0.240. The van der Waals surface area contributed by atoms with Crippen LogP contribution in [0.4, 0.5) is 4.39 Å². The molecule has 0 amide bonds. The molecule has 1 aromatic carbocycles. The Morgan fingerprint density at radius 1 is 1.20 bits per heavy atom. The highest BCUT2D eigenvalue weighted by atomic mass is 19.1. The van der Waals surface area contributed by atoms with Crippen molar-refractivity contribution in [1.82, 2.24) is 4.40 Å². The van der Waals surface area contributed by atoms with Gasteiger partial charge in [-0.2, -0.15) is 0 Å². The van der Waals surface area contributed by atoms with Crippen molar-refractivity contribution in [2.45, 2.75) is 6.54 Å². The monoisotopic (exact) mass is 266 g/mol. The molecule has 0 aliphatic rings. The van der Waals surface area contributed by atoms with E-state index in [0.29, 0.717) is 0 Å². The summed E-state index contributed by atoms with van der Waals surface area (Å²) in [5.74, 6) is -0.285. The summed E-state index contributed by atoms with van der Waals surface area (Å²) in [5.41, 5.74) is 12.0. The highest BCUT2D eigenvalue weighted by Gasteiger charge is 2.12. The maximum atomic E-state index is 13.5. The van der Waals surface area contributed by atoms with Crippen molar-refractivity contribution in [2.75, 3.05) is 0 Å². The summed E-state index contributed by atoms with van der Waals surface area (Å²) in [5, 5.41) is 3.62. The Kier molecular flexibility index (Phi) is 3.11. The van der Waals surface area contributed by atoms with Crippen molar-refractivity contribution in [3.8, 4) is 11.1 Å². The van der Waals surface area contributed by atoms with Crippen LogP contribution < -0.4 is 0 Å². The zero-order valence-electron chi connectivity index (χ0n) is 10.6. The van der Waals surface area contributed by atoms with Crippen LogP contribution in [0, 0.1) is 5.82 Å². The van der Waals surface area contributed by atoms with Crippen LogP contribution in [0.1, 0.15) is 5.56 Å². The van der Waals surface area contributed by atoms with Crippen molar-refractivity contribution < 1.29 is 4.39 Å². The lowest BCUT2D eigenvalue weighted by atomic mass is 10.0. The van der Waals surface area contributed by atoms with Crippen molar-refractivity contribution in [1.29, 1.82) is 0 Å². The van der Waals surface area contributed by atoms with E-state index in [-0.39, 0.29) is 12.4 Å². The van der Waals surface area contributed by atoms with Crippen LogP contribution >= 0.6 is 0 Å². The number of pyridine rings is 1. The van der Waals surface area contributed by atoms with Gasteiger partial charge >= 0.3 is 0 Å². The number of halogens is 1. The van der Waals surface area contributed by atoms with Gasteiger partial charge in [-0.05, 0) is 40.9 Å². The van der Waals surface area contributed by atoms with Crippen LogP contribution in [0.5, 0.6) is 0 Å². The maximum Gasteiger partial charge on any atom is 0.123 e. The first-order valence-electron chi connectivity index (χ1n) is 6.15. The SMILES string of the molecule is [N-]=[N+]=NCc1cn2ccccc2c1-c1cccc(F)c1. The second kappa shape index (κ2) is 5.07. The Labute approximate surface area is 114 Å². The number of fused-ring (bicyclic) bond motifs is 1. The van der Waals surface area contributed by atoms with E-state index in [0.717, 1.165) is 22.2 Å². The van der Waals surface area contributed by atoms with Gasteiger partial charge in [-0.1, -0.05) is 23.3 Å². The molecule has 3 rings (SSSR count). The van der Waals surface area contributed by atoms with Crippen LogP contribution in [0.3, 0.4) is 0 Å². The maximum absolute atomic E-state index is 13.5. The number of nitrogens with zero attached hydrogens (tertiary/aromatic N) is 4. The Hall–Kier alpha value is -2.78. The largest absolute Gasteiger partial charge is 0.323 e. The summed E-state index contributed by atoms with van der Waals surface area (Å²) < 4.78 is 15.4. The lowest BCUT2D eigenvalue weighted by Gasteiger charge is -2.03. The van der Waals surface area contributed by atoms with Gasteiger partial charge in [0.2, 0.25) is 0 Å². The topological polar surface area (TPSA) is 53.2 Å². The van der Waals surface area contributed by atoms with Crippen molar-refractivity contribution >= 4 is 5.52 Å². The van der Waals surface area contributed by atoms with Gasteiger partial charge in [-0.25, -0.2) is 4.39 Å². The highest BCUT2D eigenvalue weighted by molar-refractivity contribution is 5.84. The van der Waals surface area contributed by atoms with E-state index in [1.807, 2.05) is 41.1 Å². The fourth-order valence-electron chi connectivity index (χ4n) is 2.38. The fraction of sp³-hybridized carbons (Fsp3) is 0.0667. The van der Waals surface area contributed by atoms with Gasteiger partial charge in [-0.15, -0.1) is 0 Å². The molecule has 2 aromatic heterocycles. The summed E-state index contributed by atoms with van der Waals surface area (Å²) in [6, 6.07) is 12.2. The second-order valence-corrected chi connectivity index (χ2v) is 4.42. The predicted octanol–water partition coefficient (Wildman–Crippen LogP) is 4.56. The Morgan fingerprint density at radius 2 is 2.10 bits per heavy atom. The summed E-state index contributed by atoms with van der Waals surface area (Å²) in [6.45, 7) is 0.240. The molecule has 0 unspecified atom stereocenters. The van der Waals surface area contributed by atoms with E-state index in [1.165, 1.54) is 12.1 Å².